The van der Waals surface area contributed by atoms with Gasteiger partial charge >= 0.3 is 0 Å². The van der Waals surface area contributed by atoms with E-state index in [4.69, 9.17) is 23.2 Å². The van der Waals surface area contributed by atoms with Crippen LogP contribution in [0.15, 0.2) is 46.9 Å². The van der Waals surface area contributed by atoms with Crippen LogP contribution in [-0.4, -0.2) is 0 Å². The molecule has 2 rings (SSSR count). The standard InChI is InChI=1S/C14H9BrCl2N2/c15-9-1-4-11(5-2-9)19-14(8-18)12-7-10(16)3-6-13(12)17/h1-7,14,19H. The molecule has 0 amide bonds. The summed E-state index contributed by atoms with van der Waals surface area (Å²) in [5.41, 5.74) is 1.50. The summed E-state index contributed by atoms with van der Waals surface area (Å²) in [4.78, 5) is 0. The summed E-state index contributed by atoms with van der Waals surface area (Å²) in [5.74, 6) is 0. The van der Waals surface area contributed by atoms with Gasteiger partial charge in [-0.1, -0.05) is 39.1 Å². The molecule has 0 aromatic heterocycles. The number of hydrogen-bond donors (Lipinski definition) is 1. The predicted octanol–water partition coefficient (Wildman–Crippen LogP) is 5.43. The summed E-state index contributed by atoms with van der Waals surface area (Å²) in [6.07, 6.45) is 0. The molecule has 19 heavy (non-hydrogen) atoms. The number of halogens is 3. The van der Waals surface area contributed by atoms with E-state index in [0.717, 1.165) is 10.2 Å². The molecule has 2 nitrogen and oxygen atoms in total. The van der Waals surface area contributed by atoms with Crippen LogP contribution in [0.4, 0.5) is 5.69 Å². The molecule has 0 aliphatic heterocycles. The van der Waals surface area contributed by atoms with E-state index in [1.165, 1.54) is 0 Å². The molecule has 0 aliphatic rings. The Labute approximate surface area is 130 Å². The van der Waals surface area contributed by atoms with E-state index in [9.17, 15) is 5.26 Å². The molecule has 0 aliphatic carbocycles. The van der Waals surface area contributed by atoms with Gasteiger partial charge in [0, 0.05) is 25.8 Å². The minimum Gasteiger partial charge on any atom is -0.366 e. The lowest BCUT2D eigenvalue weighted by atomic mass is 10.1. The number of anilines is 1. The van der Waals surface area contributed by atoms with Gasteiger partial charge in [-0.15, -0.1) is 0 Å². The van der Waals surface area contributed by atoms with Crippen molar-refractivity contribution in [3.05, 3.63) is 62.5 Å². The van der Waals surface area contributed by atoms with Crippen LogP contribution in [0, 0.1) is 11.3 Å². The van der Waals surface area contributed by atoms with Crippen LogP contribution < -0.4 is 5.32 Å². The van der Waals surface area contributed by atoms with Gasteiger partial charge in [-0.05, 0) is 42.5 Å². The highest BCUT2D eigenvalue weighted by atomic mass is 79.9. The highest BCUT2D eigenvalue weighted by molar-refractivity contribution is 9.10. The molecule has 2 aromatic rings. The number of rotatable bonds is 3. The molecule has 0 saturated heterocycles. The van der Waals surface area contributed by atoms with E-state index in [2.05, 4.69) is 27.3 Å². The third kappa shape index (κ3) is 3.63. The van der Waals surface area contributed by atoms with Crippen LogP contribution in [0.3, 0.4) is 0 Å². The third-order valence-corrected chi connectivity index (χ3v) is 3.66. The molecular weight excluding hydrogens is 347 g/mol. The van der Waals surface area contributed by atoms with Crippen molar-refractivity contribution in [1.82, 2.24) is 0 Å². The fourth-order valence-electron chi connectivity index (χ4n) is 1.63. The highest BCUT2D eigenvalue weighted by Gasteiger charge is 2.14. The fraction of sp³-hybridized carbons (Fsp3) is 0.0714. The zero-order chi connectivity index (χ0) is 13.8. The summed E-state index contributed by atoms with van der Waals surface area (Å²) in [6, 6.07) is 14.3. The second-order valence-corrected chi connectivity index (χ2v) is 5.64. The highest BCUT2D eigenvalue weighted by Crippen LogP contribution is 2.28. The molecule has 1 N–H and O–H groups in total. The Bertz CT molecular complexity index is 620. The van der Waals surface area contributed by atoms with Crippen molar-refractivity contribution in [3.8, 4) is 6.07 Å². The second-order valence-electron chi connectivity index (χ2n) is 3.88. The van der Waals surface area contributed by atoms with Gasteiger partial charge in [-0.25, -0.2) is 0 Å². The smallest absolute Gasteiger partial charge is 0.141 e. The van der Waals surface area contributed by atoms with Gasteiger partial charge < -0.3 is 5.32 Å². The van der Waals surface area contributed by atoms with Crippen LogP contribution in [0.1, 0.15) is 11.6 Å². The molecule has 1 unspecified atom stereocenters. The predicted molar refractivity (Wildman–Crippen MR) is 82.6 cm³/mol. The van der Waals surface area contributed by atoms with Crippen LogP contribution in [0.2, 0.25) is 10.0 Å². The van der Waals surface area contributed by atoms with Crippen molar-refractivity contribution < 1.29 is 0 Å². The molecule has 0 spiro atoms. The van der Waals surface area contributed by atoms with Crippen LogP contribution >= 0.6 is 39.1 Å². The Kier molecular flexibility index (Phi) is 4.71. The maximum absolute atomic E-state index is 9.29. The first-order valence-electron chi connectivity index (χ1n) is 5.47. The summed E-state index contributed by atoms with van der Waals surface area (Å²) in [5, 5.41) is 13.5. The van der Waals surface area contributed by atoms with Gasteiger partial charge in [0.25, 0.3) is 0 Å². The number of nitriles is 1. The molecule has 1 atom stereocenters. The first kappa shape index (κ1) is 14.2. The number of nitrogens with one attached hydrogen (secondary N) is 1. The van der Waals surface area contributed by atoms with Crippen molar-refractivity contribution >= 4 is 44.8 Å². The molecule has 0 saturated carbocycles. The molecule has 2 aromatic carbocycles. The monoisotopic (exact) mass is 354 g/mol. The average Bonchev–Trinajstić information content (AvgIpc) is 2.41. The maximum atomic E-state index is 9.29. The van der Waals surface area contributed by atoms with Gasteiger partial charge in [0.15, 0.2) is 0 Å². The lowest BCUT2D eigenvalue weighted by Crippen LogP contribution is -2.09. The largest absolute Gasteiger partial charge is 0.366 e. The Morgan fingerprint density at radius 3 is 2.42 bits per heavy atom. The Morgan fingerprint density at radius 1 is 1.11 bits per heavy atom. The quantitative estimate of drug-likeness (QED) is 0.796. The van der Waals surface area contributed by atoms with Gasteiger partial charge in [-0.3, -0.25) is 0 Å². The number of benzene rings is 2. The average molecular weight is 356 g/mol. The van der Waals surface area contributed by atoms with E-state index in [0.29, 0.717) is 15.6 Å². The van der Waals surface area contributed by atoms with E-state index < -0.39 is 6.04 Å². The molecular formula is C14H9BrCl2N2. The normalized spacial score (nSPS) is 11.7. The Hall–Kier alpha value is -1.21. The summed E-state index contributed by atoms with van der Waals surface area (Å²) in [7, 11) is 0. The lowest BCUT2D eigenvalue weighted by Gasteiger charge is -2.15. The van der Waals surface area contributed by atoms with Crippen molar-refractivity contribution in [3.63, 3.8) is 0 Å². The van der Waals surface area contributed by atoms with Gasteiger partial charge in [0.05, 0.1) is 6.07 Å². The van der Waals surface area contributed by atoms with Crippen LogP contribution in [0.5, 0.6) is 0 Å². The Balaban J connectivity index is 2.28. The first-order valence-corrected chi connectivity index (χ1v) is 7.01. The van der Waals surface area contributed by atoms with Crippen molar-refractivity contribution in [2.75, 3.05) is 5.32 Å². The Morgan fingerprint density at radius 2 is 1.79 bits per heavy atom. The van der Waals surface area contributed by atoms with Crippen molar-refractivity contribution in [2.45, 2.75) is 6.04 Å². The second kappa shape index (κ2) is 6.29. The van der Waals surface area contributed by atoms with E-state index in [-0.39, 0.29) is 0 Å². The first-order chi connectivity index (χ1) is 9.10. The van der Waals surface area contributed by atoms with Crippen LogP contribution in [-0.2, 0) is 0 Å². The molecule has 0 radical (unpaired) electrons. The number of hydrogen-bond acceptors (Lipinski definition) is 2. The SMILES string of the molecule is N#CC(Nc1ccc(Br)cc1)c1cc(Cl)ccc1Cl. The van der Waals surface area contributed by atoms with Gasteiger partial charge in [0.2, 0.25) is 0 Å². The molecule has 0 fully saturated rings. The summed E-state index contributed by atoms with van der Waals surface area (Å²) < 4.78 is 0.979. The van der Waals surface area contributed by atoms with Gasteiger partial charge in [0.1, 0.15) is 6.04 Å². The van der Waals surface area contributed by atoms with Gasteiger partial charge in [-0.2, -0.15) is 5.26 Å². The van der Waals surface area contributed by atoms with E-state index >= 15 is 0 Å². The van der Waals surface area contributed by atoms with Crippen molar-refractivity contribution in [2.24, 2.45) is 0 Å². The van der Waals surface area contributed by atoms with E-state index in [1.807, 2.05) is 24.3 Å². The number of nitrogens with zero attached hydrogens (tertiary/aromatic N) is 1. The molecule has 0 bridgehead atoms. The van der Waals surface area contributed by atoms with Crippen molar-refractivity contribution in [1.29, 1.82) is 5.26 Å². The minimum absolute atomic E-state index is 0.514. The molecule has 0 heterocycles. The summed E-state index contributed by atoms with van der Waals surface area (Å²) in [6.45, 7) is 0. The zero-order valence-electron chi connectivity index (χ0n) is 9.70. The zero-order valence-corrected chi connectivity index (χ0v) is 12.8. The summed E-state index contributed by atoms with van der Waals surface area (Å²) >= 11 is 15.4. The maximum Gasteiger partial charge on any atom is 0.141 e. The van der Waals surface area contributed by atoms with E-state index in [1.54, 1.807) is 18.2 Å². The fourth-order valence-corrected chi connectivity index (χ4v) is 2.30. The minimum atomic E-state index is -0.549. The lowest BCUT2D eigenvalue weighted by molar-refractivity contribution is 0.998. The topological polar surface area (TPSA) is 35.8 Å². The molecule has 5 heteroatoms. The van der Waals surface area contributed by atoms with Crippen LogP contribution in [0.25, 0.3) is 0 Å². The molecule has 96 valence electrons. The third-order valence-electron chi connectivity index (χ3n) is 2.55.